The van der Waals surface area contributed by atoms with Gasteiger partial charge in [-0.2, -0.15) is 0 Å². The Morgan fingerprint density at radius 1 is 1.60 bits per heavy atom. The molecule has 0 amide bonds. The molecule has 0 fully saturated rings. The molecule has 0 aliphatic heterocycles. The Bertz CT molecular complexity index is 392. The van der Waals surface area contributed by atoms with Crippen molar-refractivity contribution in [2.45, 2.75) is 26.2 Å². The number of hydrogen-bond donors (Lipinski definition) is 0. The lowest BCUT2D eigenvalue weighted by molar-refractivity contribution is 0.523. The molecule has 0 N–H and O–H groups in total. The fourth-order valence-electron chi connectivity index (χ4n) is 1.81. The van der Waals surface area contributed by atoms with Crippen LogP contribution in [0.3, 0.4) is 0 Å². The third-order valence-corrected chi connectivity index (χ3v) is 3.76. The fraction of sp³-hybridized carbons (Fsp3) is 0.545. The number of fused-ring (bicyclic) bond motifs is 1. The molecular formula is C11H15ClN2S. The minimum Gasteiger partial charge on any atom is -0.297 e. The Morgan fingerprint density at radius 2 is 2.47 bits per heavy atom. The van der Waals surface area contributed by atoms with E-state index in [-0.39, 0.29) is 0 Å². The van der Waals surface area contributed by atoms with E-state index in [1.165, 1.54) is 18.5 Å². The van der Waals surface area contributed by atoms with E-state index in [9.17, 15) is 0 Å². The van der Waals surface area contributed by atoms with Crippen LogP contribution < -0.4 is 0 Å². The van der Waals surface area contributed by atoms with Gasteiger partial charge in [0.25, 0.3) is 0 Å². The molecule has 2 heterocycles. The highest BCUT2D eigenvalue weighted by Crippen LogP contribution is 2.17. The number of imidazole rings is 1. The molecule has 0 aromatic carbocycles. The van der Waals surface area contributed by atoms with Crippen LogP contribution in [0.2, 0.25) is 0 Å². The zero-order valence-corrected chi connectivity index (χ0v) is 10.4. The lowest BCUT2D eigenvalue weighted by atomic mass is 10.0. The van der Waals surface area contributed by atoms with Gasteiger partial charge in [-0.05, 0) is 18.8 Å². The number of thiazole rings is 1. The van der Waals surface area contributed by atoms with Gasteiger partial charge in [-0.15, -0.1) is 22.9 Å². The van der Waals surface area contributed by atoms with E-state index in [1.54, 1.807) is 11.3 Å². The third-order valence-electron chi connectivity index (χ3n) is 2.56. The van der Waals surface area contributed by atoms with E-state index in [4.69, 9.17) is 11.6 Å². The van der Waals surface area contributed by atoms with Crippen LogP contribution in [0, 0.1) is 5.92 Å². The van der Waals surface area contributed by atoms with Gasteiger partial charge in [0.1, 0.15) is 0 Å². The molecular weight excluding hydrogens is 228 g/mol. The van der Waals surface area contributed by atoms with Gasteiger partial charge in [0.05, 0.1) is 5.69 Å². The largest absolute Gasteiger partial charge is 0.297 e. The van der Waals surface area contributed by atoms with Crippen molar-refractivity contribution in [1.29, 1.82) is 0 Å². The van der Waals surface area contributed by atoms with E-state index in [0.717, 1.165) is 17.3 Å². The molecule has 0 aliphatic carbocycles. The summed E-state index contributed by atoms with van der Waals surface area (Å²) >= 11 is 7.61. The Balaban J connectivity index is 2.07. The molecule has 0 saturated heterocycles. The number of aromatic nitrogens is 2. The first-order chi connectivity index (χ1) is 7.33. The maximum absolute atomic E-state index is 5.94. The molecule has 0 spiro atoms. The van der Waals surface area contributed by atoms with Gasteiger partial charge in [-0.1, -0.05) is 13.3 Å². The van der Waals surface area contributed by atoms with Crippen LogP contribution in [0.15, 0.2) is 17.8 Å². The highest BCUT2D eigenvalue weighted by atomic mass is 35.5. The molecule has 1 atom stereocenters. The van der Waals surface area contributed by atoms with Gasteiger partial charge in [-0.25, -0.2) is 4.98 Å². The predicted octanol–water partition coefficient (Wildman–Crippen LogP) is 3.59. The van der Waals surface area contributed by atoms with E-state index >= 15 is 0 Å². The second-order valence-corrected chi connectivity index (χ2v) is 5.02. The summed E-state index contributed by atoms with van der Waals surface area (Å²) < 4.78 is 2.08. The van der Waals surface area contributed by atoms with Crippen molar-refractivity contribution in [1.82, 2.24) is 9.38 Å². The first-order valence-corrected chi connectivity index (χ1v) is 6.72. The summed E-state index contributed by atoms with van der Waals surface area (Å²) in [5, 5.41) is 2.05. The zero-order valence-electron chi connectivity index (χ0n) is 8.82. The molecule has 2 aromatic heterocycles. The van der Waals surface area contributed by atoms with E-state index < -0.39 is 0 Å². The molecule has 0 bridgehead atoms. The van der Waals surface area contributed by atoms with Crippen LogP contribution in [-0.4, -0.2) is 15.3 Å². The fourth-order valence-corrected chi connectivity index (χ4v) is 2.79. The van der Waals surface area contributed by atoms with Gasteiger partial charge < -0.3 is 0 Å². The van der Waals surface area contributed by atoms with Gasteiger partial charge >= 0.3 is 0 Å². The van der Waals surface area contributed by atoms with E-state index in [0.29, 0.717) is 5.92 Å². The molecule has 0 aliphatic rings. The summed E-state index contributed by atoms with van der Waals surface area (Å²) in [5.74, 6) is 1.31. The minimum absolute atomic E-state index is 0.571. The van der Waals surface area contributed by atoms with Crippen molar-refractivity contribution in [3.8, 4) is 0 Å². The second-order valence-electron chi connectivity index (χ2n) is 3.84. The smallest absolute Gasteiger partial charge is 0.193 e. The van der Waals surface area contributed by atoms with Gasteiger partial charge in [0.2, 0.25) is 0 Å². The predicted molar refractivity (Wildman–Crippen MR) is 65.9 cm³/mol. The number of hydrogen-bond acceptors (Lipinski definition) is 2. The quantitative estimate of drug-likeness (QED) is 0.733. The number of halogens is 1. The average Bonchev–Trinajstić information content (AvgIpc) is 2.77. The molecule has 4 heteroatoms. The molecule has 15 heavy (non-hydrogen) atoms. The van der Waals surface area contributed by atoms with Crippen LogP contribution in [0.4, 0.5) is 0 Å². The first-order valence-electron chi connectivity index (χ1n) is 5.30. The zero-order chi connectivity index (χ0) is 10.7. The molecule has 2 aromatic rings. The molecule has 1 unspecified atom stereocenters. The van der Waals surface area contributed by atoms with Crippen molar-refractivity contribution < 1.29 is 0 Å². The Hall–Kier alpha value is -0.540. The summed E-state index contributed by atoms with van der Waals surface area (Å²) in [7, 11) is 0. The lowest BCUT2D eigenvalue weighted by Crippen LogP contribution is -2.06. The Labute approximate surface area is 98.9 Å². The van der Waals surface area contributed by atoms with Crippen LogP contribution in [0.1, 0.15) is 25.5 Å². The summed E-state index contributed by atoms with van der Waals surface area (Å²) in [4.78, 5) is 5.64. The lowest BCUT2D eigenvalue weighted by Gasteiger charge is -2.09. The number of nitrogens with zero attached hydrogens (tertiary/aromatic N) is 2. The molecule has 2 rings (SSSR count). The van der Waals surface area contributed by atoms with E-state index in [1.807, 2.05) is 6.20 Å². The normalized spacial score (nSPS) is 13.5. The SMILES string of the molecule is CCCC(CCl)Cc1cn2ccsc2n1. The first kappa shape index (κ1) is 11.0. The monoisotopic (exact) mass is 242 g/mol. The summed E-state index contributed by atoms with van der Waals surface area (Å²) in [6, 6.07) is 0. The summed E-state index contributed by atoms with van der Waals surface area (Å²) in [6.07, 6.45) is 7.55. The van der Waals surface area contributed by atoms with Crippen molar-refractivity contribution in [2.75, 3.05) is 5.88 Å². The Morgan fingerprint density at radius 3 is 3.13 bits per heavy atom. The van der Waals surface area contributed by atoms with Crippen LogP contribution >= 0.6 is 22.9 Å². The second kappa shape index (κ2) is 4.99. The van der Waals surface area contributed by atoms with Gasteiger partial charge in [-0.3, -0.25) is 4.40 Å². The van der Waals surface area contributed by atoms with Gasteiger partial charge in [0, 0.05) is 23.7 Å². The highest BCUT2D eigenvalue weighted by molar-refractivity contribution is 7.15. The van der Waals surface area contributed by atoms with Crippen LogP contribution in [0.25, 0.3) is 4.96 Å². The summed E-state index contributed by atoms with van der Waals surface area (Å²) in [5.41, 5.74) is 1.17. The number of alkyl halides is 1. The molecule has 0 saturated carbocycles. The van der Waals surface area contributed by atoms with Crippen molar-refractivity contribution in [2.24, 2.45) is 5.92 Å². The Kier molecular flexibility index (Phi) is 3.65. The standard InChI is InChI=1S/C11H15ClN2S/c1-2-3-9(7-12)6-10-8-14-4-5-15-11(14)13-10/h4-5,8-9H,2-3,6-7H2,1H3. The number of rotatable bonds is 5. The minimum atomic E-state index is 0.571. The summed E-state index contributed by atoms with van der Waals surface area (Å²) in [6.45, 7) is 2.20. The van der Waals surface area contributed by atoms with Gasteiger partial charge in [0.15, 0.2) is 4.96 Å². The maximum atomic E-state index is 5.94. The molecule has 0 radical (unpaired) electrons. The van der Waals surface area contributed by atoms with Crippen molar-refractivity contribution >= 4 is 27.9 Å². The van der Waals surface area contributed by atoms with Crippen molar-refractivity contribution in [3.05, 3.63) is 23.5 Å². The van der Waals surface area contributed by atoms with Crippen LogP contribution in [0.5, 0.6) is 0 Å². The van der Waals surface area contributed by atoms with Crippen molar-refractivity contribution in [3.63, 3.8) is 0 Å². The molecule has 2 nitrogen and oxygen atoms in total. The topological polar surface area (TPSA) is 17.3 Å². The molecule has 82 valence electrons. The van der Waals surface area contributed by atoms with Crippen LogP contribution in [-0.2, 0) is 6.42 Å². The van der Waals surface area contributed by atoms with E-state index in [2.05, 4.69) is 27.9 Å². The average molecular weight is 243 g/mol. The highest BCUT2D eigenvalue weighted by Gasteiger charge is 2.10. The maximum Gasteiger partial charge on any atom is 0.193 e. The third kappa shape index (κ3) is 2.52.